The number of hydrogen-bond donors (Lipinski definition) is 2. The number of fused-ring (bicyclic) bond motifs is 1. The fourth-order valence-corrected chi connectivity index (χ4v) is 5.89. The van der Waals surface area contributed by atoms with Gasteiger partial charge in [-0.3, -0.25) is 9.59 Å². The van der Waals surface area contributed by atoms with E-state index in [2.05, 4.69) is 15.5 Å². The molecule has 2 aliphatic rings. The molecule has 0 spiro atoms. The van der Waals surface area contributed by atoms with Crippen molar-refractivity contribution in [3.63, 3.8) is 0 Å². The molecule has 1 unspecified atom stereocenters. The molecule has 0 aliphatic carbocycles. The summed E-state index contributed by atoms with van der Waals surface area (Å²) in [6.07, 6.45) is -3.67. The molecule has 212 valence electrons. The van der Waals surface area contributed by atoms with E-state index in [-0.39, 0.29) is 11.5 Å². The molecule has 0 saturated carbocycles. The highest BCUT2D eigenvalue weighted by Gasteiger charge is 2.37. The molecule has 0 aromatic heterocycles. The maximum atomic E-state index is 13.8. The summed E-state index contributed by atoms with van der Waals surface area (Å²) in [5.74, 6) is 0.413. The Morgan fingerprint density at radius 2 is 1.78 bits per heavy atom. The van der Waals surface area contributed by atoms with Gasteiger partial charge >= 0.3 is 6.18 Å². The molecule has 11 heteroatoms. The summed E-state index contributed by atoms with van der Waals surface area (Å²) in [6, 6.07) is 17.9. The van der Waals surface area contributed by atoms with E-state index >= 15 is 0 Å². The van der Waals surface area contributed by atoms with Crippen molar-refractivity contribution in [1.82, 2.24) is 4.90 Å². The van der Waals surface area contributed by atoms with Crippen molar-refractivity contribution < 1.29 is 27.5 Å². The number of alkyl halides is 3. The first kappa shape index (κ1) is 28.3. The molecule has 2 aliphatic heterocycles. The van der Waals surface area contributed by atoms with Crippen LogP contribution in [0.25, 0.3) is 0 Å². The first-order chi connectivity index (χ1) is 19.7. The summed E-state index contributed by atoms with van der Waals surface area (Å²) in [5.41, 5.74) is 1.64. The van der Waals surface area contributed by atoms with E-state index in [1.54, 1.807) is 55.1 Å². The van der Waals surface area contributed by atoms with E-state index in [1.165, 1.54) is 19.2 Å². The molecule has 5 rings (SSSR count). The monoisotopic (exact) mass is 580 g/mol. The molecule has 0 bridgehead atoms. The predicted octanol–water partition coefficient (Wildman–Crippen LogP) is 6.73. The Hall–Kier alpha value is -4.25. The number of methoxy groups -OCH3 is 1. The molecule has 3 aromatic carbocycles. The van der Waals surface area contributed by atoms with Crippen molar-refractivity contribution in [2.24, 2.45) is 4.99 Å². The second kappa shape index (κ2) is 11.7. The zero-order valence-corrected chi connectivity index (χ0v) is 23.1. The molecule has 2 amide bonds. The standard InChI is InChI=1S/C30H27F3N4O3S/c1-18-25(28(39)36-23-12-3-4-13-24(23)40-2)26(37-14-7-15-41-29(37)34-18)19-8-6-11-22(17-19)35-27(38)20-9-5-10-21(16-20)30(31,32)33/h3-6,8-13,16-17,26H,7,14-15H2,1-2H3,(H,35,38)(H,36,39). The Labute approximate surface area is 239 Å². The molecule has 1 saturated heterocycles. The van der Waals surface area contributed by atoms with Gasteiger partial charge in [0.05, 0.1) is 35.7 Å². The van der Waals surface area contributed by atoms with Crippen LogP contribution in [0.2, 0.25) is 0 Å². The lowest BCUT2D eigenvalue weighted by Gasteiger charge is -2.41. The number of anilines is 2. The largest absolute Gasteiger partial charge is 0.495 e. The molecular weight excluding hydrogens is 553 g/mol. The van der Waals surface area contributed by atoms with Crippen molar-refractivity contribution in [2.45, 2.75) is 25.6 Å². The summed E-state index contributed by atoms with van der Waals surface area (Å²) in [6.45, 7) is 2.47. The molecule has 1 fully saturated rings. The molecule has 2 N–H and O–H groups in total. The average molecular weight is 581 g/mol. The van der Waals surface area contributed by atoms with Crippen molar-refractivity contribution in [3.8, 4) is 5.75 Å². The van der Waals surface area contributed by atoms with E-state index in [0.717, 1.165) is 35.0 Å². The van der Waals surface area contributed by atoms with Gasteiger partial charge in [-0.25, -0.2) is 4.99 Å². The molecular formula is C30H27F3N4O3S. The third-order valence-electron chi connectivity index (χ3n) is 6.77. The molecule has 0 radical (unpaired) electrons. The fraction of sp³-hybridized carbons (Fsp3) is 0.233. The lowest BCUT2D eigenvalue weighted by molar-refractivity contribution is -0.137. The highest BCUT2D eigenvalue weighted by Crippen LogP contribution is 2.41. The number of benzene rings is 3. The summed E-state index contributed by atoms with van der Waals surface area (Å²) >= 11 is 1.62. The Balaban J connectivity index is 1.47. The van der Waals surface area contributed by atoms with Gasteiger partial charge in [-0.1, -0.05) is 42.1 Å². The van der Waals surface area contributed by atoms with E-state index in [1.807, 2.05) is 12.1 Å². The van der Waals surface area contributed by atoms with Gasteiger partial charge in [0.25, 0.3) is 11.8 Å². The number of nitrogens with zero attached hydrogens (tertiary/aromatic N) is 2. The third-order valence-corrected chi connectivity index (χ3v) is 7.85. The maximum absolute atomic E-state index is 13.8. The fourth-order valence-electron chi connectivity index (χ4n) is 4.87. The van der Waals surface area contributed by atoms with Gasteiger partial charge in [-0.15, -0.1) is 0 Å². The number of hydrogen-bond acceptors (Lipinski definition) is 6. The van der Waals surface area contributed by atoms with Crippen molar-refractivity contribution >= 4 is 40.1 Å². The van der Waals surface area contributed by atoms with E-state index in [4.69, 9.17) is 9.73 Å². The SMILES string of the molecule is COc1ccccc1NC(=O)C1=C(C)N=C2SCCCN2C1c1cccc(NC(=O)c2cccc(C(F)(F)F)c2)c1. The molecule has 3 aromatic rings. The van der Waals surface area contributed by atoms with Crippen LogP contribution in [0.5, 0.6) is 5.75 Å². The lowest BCUT2D eigenvalue weighted by atomic mass is 9.93. The minimum atomic E-state index is -4.56. The van der Waals surface area contributed by atoms with Crippen molar-refractivity contribution in [3.05, 3.63) is 101 Å². The topological polar surface area (TPSA) is 83.0 Å². The van der Waals surface area contributed by atoms with E-state index in [0.29, 0.717) is 34.9 Å². The summed E-state index contributed by atoms with van der Waals surface area (Å²) in [7, 11) is 1.53. The number of amides is 2. The van der Waals surface area contributed by atoms with Crippen LogP contribution in [0.15, 0.2) is 89.1 Å². The van der Waals surface area contributed by atoms with Gasteiger partial charge in [0.15, 0.2) is 5.17 Å². The number of carbonyl (C=O) groups excluding carboxylic acids is 2. The van der Waals surface area contributed by atoms with Crippen LogP contribution >= 0.6 is 11.8 Å². The quantitative estimate of drug-likeness (QED) is 0.338. The number of amidine groups is 1. The lowest BCUT2D eigenvalue weighted by Crippen LogP contribution is -2.43. The van der Waals surface area contributed by atoms with Gasteiger partial charge in [0.1, 0.15) is 5.75 Å². The minimum absolute atomic E-state index is 0.114. The van der Waals surface area contributed by atoms with Crippen molar-refractivity contribution in [1.29, 1.82) is 0 Å². The number of allylic oxidation sites excluding steroid dienone is 1. The van der Waals surface area contributed by atoms with Gasteiger partial charge in [-0.2, -0.15) is 13.2 Å². The third kappa shape index (κ3) is 6.09. The number of halogens is 3. The second-order valence-electron chi connectivity index (χ2n) is 9.50. The number of para-hydroxylation sites is 2. The van der Waals surface area contributed by atoms with Crippen LogP contribution in [-0.4, -0.2) is 41.3 Å². The average Bonchev–Trinajstić information content (AvgIpc) is 2.96. The second-order valence-corrected chi connectivity index (χ2v) is 10.6. The van der Waals surface area contributed by atoms with Crippen LogP contribution in [0, 0.1) is 0 Å². The summed E-state index contributed by atoms with van der Waals surface area (Å²) < 4.78 is 44.9. The Bertz CT molecular complexity index is 1550. The summed E-state index contributed by atoms with van der Waals surface area (Å²) in [4.78, 5) is 33.5. The molecule has 1 atom stereocenters. The molecule has 41 heavy (non-hydrogen) atoms. The zero-order valence-electron chi connectivity index (χ0n) is 22.3. The Kier molecular flexibility index (Phi) is 8.07. The predicted molar refractivity (Wildman–Crippen MR) is 154 cm³/mol. The van der Waals surface area contributed by atoms with Crippen molar-refractivity contribution in [2.75, 3.05) is 30.0 Å². The summed E-state index contributed by atoms with van der Waals surface area (Å²) in [5, 5.41) is 6.47. The van der Waals surface area contributed by atoms with Gasteiger partial charge < -0.3 is 20.3 Å². The van der Waals surface area contributed by atoms with Crippen LogP contribution < -0.4 is 15.4 Å². The smallest absolute Gasteiger partial charge is 0.416 e. The highest BCUT2D eigenvalue weighted by atomic mass is 32.2. The van der Waals surface area contributed by atoms with Gasteiger partial charge in [0, 0.05) is 23.5 Å². The van der Waals surface area contributed by atoms with Crippen LogP contribution in [-0.2, 0) is 11.0 Å². The normalized spacial score (nSPS) is 17.0. The number of ether oxygens (including phenoxy) is 1. The van der Waals surface area contributed by atoms with E-state index < -0.39 is 23.7 Å². The van der Waals surface area contributed by atoms with Crippen LogP contribution in [0.1, 0.15) is 40.9 Å². The number of nitrogens with one attached hydrogen (secondary N) is 2. The number of aliphatic imine (C=N–C) groups is 1. The maximum Gasteiger partial charge on any atom is 0.416 e. The molecule has 2 heterocycles. The molecule has 7 nitrogen and oxygen atoms in total. The number of thioether (sulfide) groups is 1. The minimum Gasteiger partial charge on any atom is -0.495 e. The Morgan fingerprint density at radius 3 is 2.56 bits per heavy atom. The Morgan fingerprint density at radius 1 is 1.00 bits per heavy atom. The van der Waals surface area contributed by atoms with Gasteiger partial charge in [-0.05, 0) is 61.4 Å². The van der Waals surface area contributed by atoms with E-state index in [9.17, 15) is 22.8 Å². The highest BCUT2D eigenvalue weighted by molar-refractivity contribution is 8.13. The first-order valence-electron chi connectivity index (χ1n) is 12.9. The number of carbonyl (C=O) groups is 2. The van der Waals surface area contributed by atoms with Crippen LogP contribution in [0.3, 0.4) is 0 Å². The van der Waals surface area contributed by atoms with Gasteiger partial charge in [0.2, 0.25) is 0 Å². The zero-order chi connectivity index (χ0) is 29.1. The first-order valence-corrected chi connectivity index (χ1v) is 13.9. The number of rotatable bonds is 6. The van der Waals surface area contributed by atoms with Crippen LogP contribution in [0.4, 0.5) is 24.5 Å².